The quantitative estimate of drug-likeness (QED) is 0.721. The molecule has 2 amide bonds. The predicted octanol–water partition coefficient (Wildman–Crippen LogP) is 2.86. The largest absolute Gasteiger partial charge is 0.481 e. The smallest absolute Gasteiger partial charge is 0.315 e. The predicted molar refractivity (Wildman–Crippen MR) is 88.7 cm³/mol. The van der Waals surface area contributed by atoms with Crippen LogP contribution >= 0.6 is 15.9 Å². The van der Waals surface area contributed by atoms with Crippen molar-refractivity contribution >= 4 is 27.9 Å². The number of carbonyl (C=O) groups is 2. The summed E-state index contributed by atoms with van der Waals surface area (Å²) in [5.74, 6) is -0.986. The first-order chi connectivity index (χ1) is 11.0. The third-order valence-corrected chi connectivity index (χ3v) is 3.58. The molecule has 23 heavy (non-hydrogen) atoms. The summed E-state index contributed by atoms with van der Waals surface area (Å²) < 4.78 is 0.820. The van der Waals surface area contributed by atoms with E-state index in [2.05, 4.69) is 31.5 Å². The maximum atomic E-state index is 12.0. The Bertz CT molecular complexity index is 679. The standard InChI is InChI=1S/C16H16BrN3O3/c17-12-5-3-4-11(8-12)14(9-15(21)22)20-16(23)19-10-13-6-1-2-7-18-13/h1-8,14H,9-10H2,(H,21,22)(H2,19,20,23)/t14-/m0/s1. The molecule has 2 rings (SSSR count). The number of hydrogen-bond donors (Lipinski definition) is 3. The summed E-state index contributed by atoms with van der Waals surface area (Å²) >= 11 is 3.34. The number of hydrogen-bond acceptors (Lipinski definition) is 3. The van der Waals surface area contributed by atoms with E-state index in [4.69, 9.17) is 5.11 Å². The average Bonchev–Trinajstić information content (AvgIpc) is 2.53. The summed E-state index contributed by atoms with van der Waals surface area (Å²) in [7, 11) is 0. The summed E-state index contributed by atoms with van der Waals surface area (Å²) in [6.07, 6.45) is 1.44. The molecule has 0 radical (unpaired) electrons. The number of amides is 2. The van der Waals surface area contributed by atoms with Gasteiger partial charge in [-0.25, -0.2) is 4.79 Å². The van der Waals surface area contributed by atoms with E-state index in [1.165, 1.54) is 0 Å². The van der Waals surface area contributed by atoms with Gasteiger partial charge < -0.3 is 15.7 Å². The highest BCUT2D eigenvalue weighted by atomic mass is 79.9. The van der Waals surface area contributed by atoms with E-state index in [0.29, 0.717) is 0 Å². The molecule has 1 atom stereocenters. The molecular formula is C16H16BrN3O3. The van der Waals surface area contributed by atoms with Gasteiger partial charge in [0.15, 0.2) is 0 Å². The van der Waals surface area contributed by atoms with Gasteiger partial charge >= 0.3 is 12.0 Å². The maximum absolute atomic E-state index is 12.0. The Balaban J connectivity index is 1.99. The fourth-order valence-corrected chi connectivity index (χ4v) is 2.45. The summed E-state index contributed by atoms with van der Waals surface area (Å²) in [5, 5.41) is 14.4. The zero-order chi connectivity index (χ0) is 16.7. The summed E-state index contributed by atoms with van der Waals surface area (Å²) in [5.41, 5.74) is 1.44. The van der Waals surface area contributed by atoms with Crippen molar-refractivity contribution in [3.8, 4) is 0 Å². The Morgan fingerprint density at radius 2 is 2.04 bits per heavy atom. The van der Waals surface area contributed by atoms with E-state index in [-0.39, 0.29) is 13.0 Å². The van der Waals surface area contributed by atoms with Crippen LogP contribution in [0.2, 0.25) is 0 Å². The van der Waals surface area contributed by atoms with Gasteiger partial charge in [-0.05, 0) is 29.8 Å². The third-order valence-electron chi connectivity index (χ3n) is 3.09. The number of halogens is 1. The second kappa shape index (κ2) is 8.28. The second-order valence-corrected chi connectivity index (χ2v) is 5.77. The van der Waals surface area contributed by atoms with Crippen LogP contribution in [-0.4, -0.2) is 22.1 Å². The molecule has 0 aliphatic heterocycles. The van der Waals surface area contributed by atoms with E-state index in [9.17, 15) is 9.59 Å². The lowest BCUT2D eigenvalue weighted by atomic mass is 10.0. The average molecular weight is 378 g/mol. The number of carbonyl (C=O) groups excluding carboxylic acids is 1. The Kier molecular flexibility index (Phi) is 6.10. The van der Waals surface area contributed by atoms with Crippen molar-refractivity contribution < 1.29 is 14.7 Å². The molecule has 0 saturated carbocycles. The van der Waals surface area contributed by atoms with Gasteiger partial charge in [-0.1, -0.05) is 34.1 Å². The molecule has 0 aliphatic carbocycles. The molecule has 0 aliphatic rings. The number of aliphatic carboxylic acids is 1. The van der Waals surface area contributed by atoms with Crippen LogP contribution in [0.4, 0.5) is 4.79 Å². The van der Waals surface area contributed by atoms with Crippen molar-refractivity contribution in [1.82, 2.24) is 15.6 Å². The minimum atomic E-state index is -0.986. The topological polar surface area (TPSA) is 91.3 Å². The molecule has 1 aromatic carbocycles. The van der Waals surface area contributed by atoms with E-state index < -0.39 is 18.0 Å². The lowest BCUT2D eigenvalue weighted by molar-refractivity contribution is -0.137. The van der Waals surface area contributed by atoms with Crippen molar-refractivity contribution in [3.05, 3.63) is 64.4 Å². The maximum Gasteiger partial charge on any atom is 0.315 e. The van der Waals surface area contributed by atoms with Gasteiger partial charge in [-0.15, -0.1) is 0 Å². The van der Waals surface area contributed by atoms with Crippen LogP contribution in [0.5, 0.6) is 0 Å². The number of urea groups is 1. The zero-order valence-corrected chi connectivity index (χ0v) is 13.8. The normalized spacial score (nSPS) is 11.5. The van der Waals surface area contributed by atoms with Gasteiger partial charge in [0.05, 0.1) is 24.7 Å². The highest BCUT2D eigenvalue weighted by Crippen LogP contribution is 2.20. The van der Waals surface area contributed by atoms with Crippen LogP contribution in [0.15, 0.2) is 53.1 Å². The molecule has 2 aromatic rings. The fourth-order valence-electron chi connectivity index (χ4n) is 2.03. The lowest BCUT2D eigenvalue weighted by Gasteiger charge is -2.18. The van der Waals surface area contributed by atoms with Crippen LogP contribution in [0, 0.1) is 0 Å². The Labute approximate surface area is 142 Å². The highest BCUT2D eigenvalue weighted by molar-refractivity contribution is 9.10. The van der Waals surface area contributed by atoms with Crippen LogP contribution in [0.1, 0.15) is 23.7 Å². The Hall–Kier alpha value is -2.41. The fraction of sp³-hybridized carbons (Fsp3) is 0.188. The third kappa shape index (κ3) is 5.71. The van der Waals surface area contributed by atoms with Crippen molar-refractivity contribution in [3.63, 3.8) is 0 Å². The van der Waals surface area contributed by atoms with Crippen molar-refractivity contribution in [1.29, 1.82) is 0 Å². The van der Waals surface area contributed by atoms with Crippen molar-refractivity contribution in [2.45, 2.75) is 19.0 Å². The molecule has 0 spiro atoms. The number of aromatic nitrogens is 1. The molecule has 0 unspecified atom stereocenters. The number of pyridine rings is 1. The first kappa shape index (κ1) is 17.0. The summed E-state index contributed by atoms with van der Waals surface area (Å²) in [6.45, 7) is 0.269. The lowest BCUT2D eigenvalue weighted by Crippen LogP contribution is -2.38. The van der Waals surface area contributed by atoms with E-state index >= 15 is 0 Å². The number of carboxylic acid groups (broad SMARTS) is 1. The first-order valence-electron chi connectivity index (χ1n) is 6.96. The zero-order valence-electron chi connectivity index (χ0n) is 12.2. The molecule has 3 N–H and O–H groups in total. The number of nitrogens with one attached hydrogen (secondary N) is 2. The van der Waals surface area contributed by atoms with Crippen LogP contribution in [0.25, 0.3) is 0 Å². The van der Waals surface area contributed by atoms with E-state index in [0.717, 1.165) is 15.7 Å². The van der Waals surface area contributed by atoms with Crippen LogP contribution in [0.3, 0.4) is 0 Å². The minimum Gasteiger partial charge on any atom is -0.481 e. The molecule has 0 bridgehead atoms. The second-order valence-electron chi connectivity index (χ2n) is 4.85. The first-order valence-corrected chi connectivity index (χ1v) is 7.75. The van der Waals surface area contributed by atoms with Crippen molar-refractivity contribution in [2.24, 2.45) is 0 Å². The van der Waals surface area contributed by atoms with Gasteiger partial charge in [-0.3, -0.25) is 9.78 Å². The number of benzene rings is 1. The van der Waals surface area contributed by atoms with E-state index in [1.807, 2.05) is 12.1 Å². The van der Waals surface area contributed by atoms with Gasteiger partial charge in [0.1, 0.15) is 0 Å². The summed E-state index contributed by atoms with van der Waals surface area (Å²) in [4.78, 5) is 27.2. The summed E-state index contributed by atoms with van der Waals surface area (Å²) in [6, 6.07) is 11.5. The van der Waals surface area contributed by atoms with Gasteiger partial charge in [0.25, 0.3) is 0 Å². The van der Waals surface area contributed by atoms with Crippen molar-refractivity contribution in [2.75, 3.05) is 0 Å². The SMILES string of the molecule is O=C(O)C[C@H](NC(=O)NCc1ccccn1)c1cccc(Br)c1. The molecule has 120 valence electrons. The van der Waals surface area contributed by atoms with Gasteiger partial charge in [0.2, 0.25) is 0 Å². The number of rotatable bonds is 6. The minimum absolute atomic E-state index is 0.201. The molecular weight excluding hydrogens is 362 g/mol. The molecule has 1 heterocycles. The van der Waals surface area contributed by atoms with Crippen LogP contribution in [-0.2, 0) is 11.3 Å². The Morgan fingerprint density at radius 3 is 2.70 bits per heavy atom. The monoisotopic (exact) mass is 377 g/mol. The Morgan fingerprint density at radius 1 is 1.22 bits per heavy atom. The number of carboxylic acids is 1. The van der Waals surface area contributed by atoms with Gasteiger partial charge in [-0.2, -0.15) is 0 Å². The molecule has 0 fully saturated rings. The number of nitrogens with zero attached hydrogens (tertiary/aromatic N) is 1. The molecule has 0 saturated heterocycles. The van der Waals surface area contributed by atoms with Crippen LogP contribution < -0.4 is 10.6 Å². The van der Waals surface area contributed by atoms with Gasteiger partial charge in [0, 0.05) is 10.7 Å². The molecule has 7 heteroatoms. The molecule has 1 aromatic heterocycles. The van der Waals surface area contributed by atoms with E-state index in [1.54, 1.807) is 36.5 Å². The highest BCUT2D eigenvalue weighted by Gasteiger charge is 2.18. The molecule has 6 nitrogen and oxygen atoms in total.